The summed E-state index contributed by atoms with van der Waals surface area (Å²) in [5, 5.41) is 17.1. The first-order valence-corrected chi connectivity index (χ1v) is 6.35. The first-order chi connectivity index (χ1) is 8.52. The van der Waals surface area contributed by atoms with E-state index >= 15 is 0 Å². The van der Waals surface area contributed by atoms with Crippen molar-refractivity contribution in [2.75, 3.05) is 5.75 Å². The number of hydrogen-bond acceptors (Lipinski definition) is 3. The van der Waals surface area contributed by atoms with Crippen molar-refractivity contribution in [3.8, 4) is 0 Å². The van der Waals surface area contributed by atoms with Crippen LogP contribution in [0, 0.1) is 0 Å². The second-order valence-corrected chi connectivity index (χ2v) is 4.85. The lowest BCUT2D eigenvalue weighted by atomic mass is 10.1. The highest BCUT2D eigenvalue weighted by Crippen LogP contribution is 2.32. The van der Waals surface area contributed by atoms with Crippen molar-refractivity contribution in [3.63, 3.8) is 0 Å². The van der Waals surface area contributed by atoms with Crippen LogP contribution in [0.25, 0.3) is 6.08 Å². The van der Waals surface area contributed by atoms with Crippen LogP contribution >= 0.6 is 11.8 Å². The number of thioether (sulfide) groups is 1. The largest absolute Gasteiger partial charge is 0.481 e. The number of carboxylic acids is 2. The minimum atomic E-state index is -0.946. The number of benzene rings is 1. The second kappa shape index (κ2) is 6.86. The predicted octanol–water partition coefficient (Wildman–Crippen LogP) is 2.66. The topological polar surface area (TPSA) is 74.6 Å². The summed E-state index contributed by atoms with van der Waals surface area (Å²) in [5.41, 5.74) is 1.75. The van der Waals surface area contributed by atoms with E-state index in [2.05, 4.69) is 6.58 Å². The third-order valence-electron chi connectivity index (χ3n) is 2.31. The fourth-order valence-corrected chi connectivity index (χ4v) is 2.40. The van der Waals surface area contributed by atoms with E-state index in [1.54, 1.807) is 18.2 Å². The van der Waals surface area contributed by atoms with E-state index in [0.717, 1.165) is 22.9 Å². The number of rotatable bonds is 7. The Balaban J connectivity index is 2.82. The van der Waals surface area contributed by atoms with Crippen molar-refractivity contribution < 1.29 is 19.8 Å². The number of carbonyl (C=O) groups is 2. The molecule has 0 saturated heterocycles. The number of carboxylic acid groups (broad SMARTS) is 2. The molecule has 2 N–H and O–H groups in total. The summed E-state index contributed by atoms with van der Waals surface area (Å²) in [6.07, 6.45) is 1.60. The first kappa shape index (κ1) is 14.3. The summed E-state index contributed by atoms with van der Waals surface area (Å²) < 4.78 is 0. The van der Waals surface area contributed by atoms with Crippen LogP contribution in [0.15, 0.2) is 30.8 Å². The minimum Gasteiger partial charge on any atom is -0.481 e. The second-order valence-electron chi connectivity index (χ2n) is 3.66. The van der Waals surface area contributed by atoms with Crippen LogP contribution in [0.4, 0.5) is 0 Å². The maximum atomic E-state index is 10.8. The van der Waals surface area contributed by atoms with Crippen LogP contribution in [0.3, 0.4) is 0 Å². The zero-order valence-corrected chi connectivity index (χ0v) is 10.5. The van der Waals surface area contributed by atoms with Gasteiger partial charge in [-0.25, -0.2) is 0 Å². The van der Waals surface area contributed by atoms with Gasteiger partial charge in [0.25, 0.3) is 0 Å². The molecule has 0 fully saturated rings. The fraction of sp³-hybridized carbons (Fsp3) is 0.231. The summed E-state index contributed by atoms with van der Waals surface area (Å²) in [4.78, 5) is 21.3. The molecule has 0 radical (unpaired) electrons. The van der Waals surface area contributed by atoms with Gasteiger partial charge in [-0.05, 0) is 11.1 Å². The third kappa shape index (κ3) is 4.63. The third-order valence-corrected chi connectivity index (χ3v) is 3.57. The van der Waals surface area contributed by atoms with E-state index < -0.39 is 11.9 Å². The van der Waals surface area contributed by atoms with Crippen LogP contribution < -0.4 is 0 Å². The van der Waals surface area contributed by atoms with Gasteiger partial charge in [-0.2, -0.15) is 0 Å². The molecule has 0 saturated carbocycles. The van der Waals surface area contributed by atoms with Gasteiger partial charge in [-0.1, -0.05) is 36.9 Å². The smallest absolute Gasteiger partial charge is 0.313 e. The predicted molar refractivity (Wildman–Crippen MR) is 71.6 cm³/mol. The number of aliphatic carboxylic acids is 2. The van der Waals surface area contributed by atoms with Gasteiger partial charge in [0.05, 0.1) is 12.2 Å². The lowest BCUT2D eigenvalue weighted by molar-refractivity contribution is -0.137. The summed E-state index contributed by atoms with van der Waals surface area (Å²) >= 11 is 1.12. The zero-order valence-electron chi connectivity index (χ0n) is 9.70. The lowest BCUT2D eigenvalue weighted by Crippen LogP contribution is -2.07. The molecule has 0 amide bonds. The standard InChI is InChI=1S/C13H14O4S/c1-2-9-3-5-10(6-4-9)11(7-12(14)15)18-8-13(16)17/h2-6,11H,1,7-8H2,(H,14,15)(H,16,17). The Morgan fingerprint density at radius 1 is 1.22 bits per heavy atom. The van der Waals surface area contributed by atoms with Crippen molar-refractivity contribution in [2.24, 2.45) is 0 Å². The quantitative estimate of drug-likeness (QED) is 0.793. The van der Waals surface area contributed by atoms with Crippen LogP contribution in [-0.2, 0) is 9.59 Å². The normalized spacial score (nSPS) is 11.8. The number of hydrogen-bond donors (Lipinski definition) is 2. The molecule has 0 spiro atoms. The summed E-state index contributed by atoms with van der Waals surface area (Å²) in [6.45, 7) is 3.64. The van der Waals surface area contributed by atoms with Gasteiger partial charge in [-0.3, -0.25) is 9.59 Å². The highest BCUT2D eigenvalue weighted by molar-refractivity contribution is 8.00. The van der Waals surface area contributed by atoms with Gasteiger partial charge in [0.1, 0.15) is 0 Å². The molecule has 0 bridgehead atoms. The maximum absolute atomic E-state index is 10.8. The molecule has 96 valence electrons. The molecule has 1 aromatic carbocycles. The molecule has 1 aromatic rings. The van der Waals surface area contributed by atoms with E-state index in [0.29, 0.717) is 0 Å². The molecule has 0 aromatic heterocycles. The fourth-order valence-electron chi connectivity index (χ4n) is 1.45. The summed E-state index contributed by atoms with van der Waals surface area (Å²) in [5.74, 6) is -2.00. The van der Waals surface area contributed by atoms with Crippen molar-refractivity contribution in [3.05, 3.63) is 42.0 Å². The Morgan fingerprint density at radius 2 is 1.83 bits per heavy atom. The lowest BCUT2D eigenvalue weighted by Gasteiger charge is -2.14. The monoisotopic (exact) mass is 266 g/mol. The minimum absolute atomic E-state index is 0.0919. The van der Waals surface area contributed by atoms with Crippen molar-refractivity contribution in [1.82, 2.24) is 0 Å². The highest BCUT2D eigenvalue weighted by Gasteiger charge is 2.17. The Labute approximate surface area is 109 Å². The molecule has 5 heteroatoms. The molecule has 0 aliphatic carbocycles. The summed E-state index contributed by atoms with van der Waals surface area (Å²) in [6, 6.07) is 7.27. The van der Waals surface area contributed by atoms with E-state index in [1.165, 1.54) is 0 Å². The Kier molecular flexibility index (Phi) is 5.45. The molecule has 1 unspecified atom stereocenters. The van der Waals surface area contributed by atoms with Gasteiger partial charge >= 0.3 is 11.9 Å². The van der Waals surface area contributed by atoms with Crippen molar-refractivity contribution in [1.29, 1.82) is 0 Å². The maximum Gasteiger partial charge on any atom is 0.313 e. The molecular weight excluding hydrogens is 252 g/mol. The Bertz CT molecular complexity index is 439. The van der Waals surface area contributed by atoms with Gasteiger partial charge in [0, 0.05) is 5.25 Å². The average Bonchev–Trinajstić information content (AvgIpc) is 2.34. The molecule has 0 heterocycles. The summed E-state index contributed by atoms with van der Waals surface area (Å²) in [7, 11) is 0. The molecule has 18 heavy (non-hydrogen) atoms. The van der Waals surface area contributed by atoms with E-state index in [1.807, 2.05) is 12.1 Å². The average molecular weight is 266 g/mol. The highest BCUT2D eigenvalue weighted by atomic mass is 32.2. The Hall–Kier alpha value is -1.75. The van der Waals surface area contributed by atoms with Crippen molar-refractivity contribution >= 4 is 29.8 Å². The van der Waals surface area contributed by atoms with E-state index in [4.69, 9.17) is 10.2 Å². The Morgan fingerprint density at radius 3 is 2.28 bits per heavy atom. The van der Waals surface area contributed by atoms with Crippen LogP contribution in [-0.4, -0.2) is 27.9 Å². The molecular formula is C13H14O4S. The van der Waals surface area contributed by atoms with Gasteiger partial charge in [0.2, 0.25) is 0 Å². The van der Waals surface area contributed by atoms with E-state index in [-0.39, 0.29) is 17.4 Å². The SMILES string of the molecule is C=Cc1ccc(C(CC(=O)O)SCC(=O)O)cc1. The molecule has 1 rings (SSSR count). The van der Waals surface area contributed by atoms with Crippen LogP contribution in [0.1, 0.15) is 22.8 Å². The molecule has 1 atom stereocenters. The molecule has 4 nitrogen and oxygen atoms in total. The first-order valence-electron chi connectivity index (χ1n) is 5.30. The van der Waals surface area contributed by atoms with Gasteiger partial charge < -0.3 is 10.2 Å². The van der Waals surface area contributed by atoms with Crippen molar-refractivity contribution in [2.45, 2.75) is 11.7 Å². The van der Waals surface area contributed by atoms with E-state index in [9.17, 15) is 9.59 Å². The van der Waals surface area contributed by atoms with Crippen LogP contribution in [0.2, 0.25) is 0 Å². The zero-order chi connectivity index (χ0) is 13.5. The molecule has 0 aliphatic rings. The molecule has 0 aliphatic heterocycles. The van der Waals surface area contributed by atoms with Gasteiger partial charge in [-0.15, -0.1) is 11.8 Å². The van der Waals surface area contributed by atoms with Crippen LogP contribution in [0.5, 0.6) is 0 Å². The van der Waals surface area contributed by atoms with Gasteiger partial charge in [0.15, 0.2) is 0 Å².